The first-order valence-corrected chi connectivity index (χ1v) is 4.23. The predicted molar refractivity (Wildman–Crippen MR) is 46.9 cm³/mol. The third kappa shape index (κ3) is 3.56. The van der Waals surface area contributed by atoms with Gasteiger partial charge in [0.15, 0.2) is 17.4 Å². The monoisotopic (exact) mass is 241 g/mol. The first-order chi connectivity index (χ1) is 7.29. The highest BCUT2D eigenvalue weighted by atomic mass is 19.4. The Bertz CT molecular complexity index is 354. The average Bonchev–Trinajstić information content (AvgIpc) is 2.07. The second kappa shape index (κ2) is 4.54. The van der Waals surface area contributed by atoms with Crippen molar-refractivity contribution in [3.63, 3.8) is 0 Å². The third-order valence-electron chi connectivity index (χ3n) is 1.65. The Morgan fingerprint density at radius 2 is 1.62 bits per heavy atom. The fourth-order valence-electron chi connectivity index (χ4n) is 0.986. The van der Waals surface area contributed by atoms with Crippen molar-refractivity contribution in [2.24, 2.45) is 0 Å². The average molecular weight is 241 g/mol. The molecular formula is C9H8F5NO. The summed E-state index contributed by atoms with van der Waals surface area (Å²) >= 11 is 0. The van der Waals surface area contributed by atoms with Crippen LogP contribution in [0.15, 0.2) is 12.1 Å². The molecule has 0 bridgehead atoms. The van der Waals surface area contributed by atoms with Crippen molar-refractivity contribution in [3.05, 3.63) is 23.8 Å². The van der Waals surface area contributed by atoms with Crippen LogP contribution in [0.2, 0.25) is 0 Å². The highest BCUT2D eigenvalue weighted by Crippen LogP contribution is 2.26. The summed E-state index contributed by atoms with van der Waals surface area (Å²) < 4.78 is 65.6. The van der Waals surface area contributed by atoms with Gasteiger partial charge in [-0.2, -0.15) is 13.2 Å². The van der Waals surface area contributed by atoms with E-state index in [-0.39, 0.29) is 5.69 Å². The van der Waals surface area contributed by atoms with Gasteiger partial charge in [0, 0.05) is 17.8 Å². The molecule has 0 heterocycles. The molecule has 0 atom stereocenters. The summed E-state index contributed by atoms with van der Waals surface area (Å²) in [7, 11) is 0. The van der Waals surface area contributed by atoms with Crippen molar-refractivity contribution in [2.45, 2.75) is 12.6 Å². The van der Waals surface area contributed by atoms with Gasteiger partial charge in [0.25, 0.3) is 0 Å². The molecule has 7 heteroatoms. The van der Waals surface area contributed by atoms with Gasteiger partial charge in [-0.1, -0.05) is 0 Å². The van der Waals surface area contributed by atoms with Crippen LogP contribution < -0.4 is 10.5 Å². The maximum absolute atomic E-state index is 13.0. The molecule has 2 N–H and O–H groups in total. The van der Waals surface area contributed by atoms with Gasteiger partial charge >= 0.3 is 6.18 Å². The SMILES string of the molecule is Nc1cc(F)c(OCCC(F)(F)F)c(F)c1. The number of alkyl halides is 3. The van der Waals surface area contributed by atoms with Gasteiger partial charge in [0.2, 0.25) is 0 Å². The van der Waals surface area contributed by atoms with Crippen LogP contribution in [0, 0.1) is 11.6 Å². The van der Waals surface area contributed by atoms with Gasteiger partial charge in [-0.25, -0.2) is 8.78 Å². The lowest BCUT2D eigenvalue weighted by Gasteiger charge is -2.10. The lowest BCUT2D eigenvalue weighted by atomic mass is 10.3. The Morgan fingerprint density at radius 1 is 1.12 bits per heavy atom. The molecule has 0 aliphatic rings. The van der Waals surface area contributed by atoms with E-state index in [1.807, 2.05) is 0 Å². The maximum Gasteiger partial charge on any atom is 0.392 e. The van der Waals surface area contributed by atoms with E-state index in [0.29, 0.717) is 0 Å². The van der Waals surface area contributed by atoms with Gasteiger partial charge in [0.05, 0.1) is 13.0 Å². The Balaban J connectivity index is 2.68. The van der Waals surface area contributed by atoms with Crippen molar-refractivity contribution >= 4 is 5.69 Å². The second-order valence-electron chi connectivity index (χ2n) is 3.03. The van der Waals surface area contributed by atoms with E-state index in [9.17, 15) is 22.0 Å². The van der Waals surface area contributed by atoms with E-state index in [2.05, 4.69) is 4.74 Å². The number of hydrogen-bond donors (Lipinski definition) is 1. The van der Waals surface area contributed by atoms with Crippen LogP contribution in [0.4, 0.5) is 27.6 Å². The standard InChI is InChI=1S/C9H8F5NO/c10-6-3-5(15)4-7(11)8(6)16-2-1-9(12,13)14/h3-4H,1-2,15H2. The zero-order valence-corrected chi connectivity index (χ0v) is 7.94. The number of benzene rings is 1. The second-order valence-corrected chi connectivity index (χ2v) is 3.03. The Labute approximate surface area is 87.8 Å². The number of ether oxygens (including phenoxy) is 1. The maximum atomic E-state index is 13.0. The van der Waals surface area contributed by atoms with Crippen LogP contribution in [-0.4, -0.2) is 12.8 Å². The molecule has 1 rings (SSSR count). The molecule has 0 fully saturated rings. The molecule has 0 unspecified atom stereocenters. The summed E-state index contributed by atoms with van der Waals surface area (Å²) in [5.41, 5.74) is 4.94. The van der Waals surface area contributed by atoms with E-state index in [0.717, 1.165) is 12.1 Å². The van der Waals surface area contributed by atoms with Crippen LogP contribution in [0.5, 0.6) is 5.75 Å². The summed E-state index contributed by atoms with van der Waals surface area (Å²) in [5, 5.41) is 0. The number of halogens is 5. The largest absolute Gasteiger partial charge is 0.487 e. The number of hydrogen-bond acceptors (Lipinski definition) is 2. The molecule has 0 aliphatic heterocycles. The smallest absolute Gasteiger partial charge is 0.392 e. The van der Waals surface area contributed by atoms with Gasteiger partial charge in [-0.05, 0) is 0 Å². The number of nitrogens with two attached hydrogens (primary N) is 1. The van der Waals surface area contributed by atoms with E-state index in [1.165, 1.54) is 0 Å². The lowest BCUT2D eigenvalue weighted by molar-refractivity contribution is -0.139. The quantitative estimate of drug-likeness (QED) is 0.652. The number of anilines is 1. The first-order valence-electron chi connectivity index (χ1n) is 4.23. The Kier molecular flexibility index (Phi) is 3.56. The highest BCUT2D eigenvalue weighted by molar-refractivity contribution is 5.44. The topological polar surface area (TPSA) is 35.2 Å². The summed E-state index contributed by atoms with van der Waals surface area (Å²) in [4.78, 5) is 0. The van der Waals surface area contributed by atoms with E-state index in [4.69, 9.17) is 5.73 Å². The molecular weight excluding hydrogens is 233 g/mol. The fraction of sp³-hybridized carbons (Fsp3) is 0.333. The molecule has 0 saturated heterocycles. The van der Waals surface area contributed by atoms with Gasteiger partial charge in [0.1, 0.15) is 0 Å². The molecule has 0 radical (unpaired) electrons. The zero-order chi connectivity index (χ0) is 12.3. The van der Waals surface area contributed by atoms with Gasteiger partial charge in [-0.3, -0.25) is 0 Å². The minimum absolute atomic E-state index is 0.168. The molecule has 90 valence electrons. The van der Waals surface area contributed by atoms with Gasteiger partial charge < -0.3 is 10.5 Å². The van der Waals surface area contributed by atoms with E-state index < -0.39 is 36.6 Å². The fourth-order valence-corrected chi connectivity index (χ4v) is 0.986. The molecule has 1 aromatic carbocycles. The number of rotatable bonds is 3. The predicted octanol–water partition coefficient (Wildman–Crippen LogP) is 2.88. The Hall–Kier alpha value is -1.53. The normalized spacial score (nSPS) is 11.6. The summed E-state index contributed by atoms with van der Waals surface area (Å²) in [6, 6.07) is 1.54. The van der Waals surface area contributed by atoms with Crippen LogP contribution in [0.1, 0.15) is 6.42 Å². The molecule has 0 aliphatic carbocycles. The third-order valence-corrected chi connectivity index (χ3v) is 1.65. The minimum Gasteiger partial charge on any atom is -0.487 e. The zero-order valence-electron chi connectivity index (χ0n) is 7.94. The molecule has 2 nitrogen and oxygen atoms in total. The molecule has 1 aromatic rings. The van der Waals surface area contributed by atoms with Crippen molar-refractivity contribution in [1.29, 1.82) is 0 Å². The van der Waals surface area contributed by atoms with Crippen LogP contribution in [-0.2, 0) is 0 Å². The molecule has 0 saturated carbocycles. The first kappa shape index (κ1) is 12.5. The molecule has 16 heavy (non-hydrogen) atoms. The highest BCUT2D eigenvalue weighted by Gasteiger charge is 2.27. The van der Waals surface area contributed by atoms with Crippen molar-refractivity contribution in [2.75, 3.05) is 12.3 Å². The van der Waals surface area contributed by atoms with Gasteiger partial charge in [-0.15, -0.1) is 0 Å². The molecule has 0 aromatic heterocycles. The Morgan fingerprint density at radius 3 is 2.06 bits per heavy atom. The van der Waals surface area contributed by atoms with Crippen LogP contribution in [0.3, 0.4) is 0 Å². The van der Waals surface area contributed by atoms with E-state index >= 15 is 0 Å². The van der Waals surface area contributed by atoms with Crippen LogP contribution >= 0.6 is 0 Å². The summed E-state index contributed by atoms with van der Waals surface area (Å²) in [5.74, 6) is -3.10. The van der Waals surface area contributed by atoms with E-state index in [1.54, 1.807) is 0 Å². The summed E-state index contributed by atoms with van der Waals surface area (Å²) in [6.45, 7) is -0.846. The lowest BCUT2D eigenvalue weighted by Crippen LogP contribution is -2.14. The van der Waals surface area contributed by atoms with Crippen molar-refractivity contribution in [1.82, 2.24) is 0 Å². The molecule has 0 amide bonds. The van der Waals surface area contributed by atoms with Crippen LogP contribution in [0.25, 0.3) is 0 Å². The molecule has 0 spiro atoms. The van der Waals surface area contributed by atoms with Crippen molar-refractivity contribution in [3.8, 4) is 5.75 Å². The number of nitrogen functional groups attached to an aromatic ring is 1. The van der Waals surface area contributed by atoms with Crippen molar-refractivity contribution < 1.29 is 26.7 Å². The minimum atomic E-state index is -4.43. The summed E-state index contributed by atoms with van der Waals surface area (Å²) in [6.07, 6.45) is -5.71.